The Kier molecular flexibility index (Phi) is 5.40. The first-order valence-corrected chi connectivity index (χ1v) is 9.26. The van der Waals surface area contributed by atoms with Crippen molar-refractivity contribution < 1.29 is 9.21 Å². The minimum atomic E-state index is -0.103. The highest BCUT2D eigenvalue weighted by Crippen LogP contribution is 2.24. The number of urea groups is 1. The van der Waals surface area contributed by atoms with Crippen LogP contribution in [0.4, 0.5) is 9.93 Å². The van der Waals surface area contributed by atoms with Crippen molar-refractivity contribution in [2.75, 3.05) is 31.6 Å². The van der Waals surface area contributed by atoms with E-state index in [1.54, 1.807) is 29.5 Å². The van der Waals surface area contributed by atoms with E-state index in [0.29, 0.717) is 6.54 Å². The monoisotopic (exact) mass is 348 g/mol. The Bertz CT molecular complexity index is 649. The maximum absolute atomic E-state index is 12.2. The minimum absolute atomic E-state index is 0.0963. The van der Waals surface area contributed by atoms with Crippen molar-refractivity contribution in [2.45, 2.75) is 32.2 Å². The highest BCUT2D eigenvalue weighted by atomic mass is 32.1. The fraction of sp³-hybridized carbons (Fsp3) is 0.529. The predicted molar refractivity (Wildman–Crippen MR) is 95.5 cm³/mol. The van der Waals surface area contributed by atoms with E-state index in [4.69, 9.17) is 4.42 Å². The first kappa shape index (κ1) is 16.8. The summed E-state index contributed by atoms with van der Waals surface area (Å²) in [7, 11) is 1.77. The van der Waals surface area contributed by atoms with Gasteiger partial charge >= 0.3 is 6.03 Å². The molecule has 0 aliphatic carbocycles. The number of anilines is 1. The molecule has 130 valence electrons. The summed E-state index contributed by atoms with van der Waals surface area (Å²) in [4.78, 5) is 20.9. The first-order valence-electron chi connectivity index (χ1n) is 8.38. The number of aromatic nitrogens is 1. The molecular weight excluding hydrogens is 324 g/mol. The van der Waals surface area contributed by atoms with Crippen LogP contribution in [0.5, 0.6) is 0 Å². The third-order valence-electron chi connectivity index (χ3n) is 4.43. The Hall–Kier alpha value is -2.02. The van der Waals surface area contributed by atoms with E-state index in [9.17, 15) is 4.79 Å². The molecule has 1 aliphatic rings. The molecule has 1 N–H and O–H groups in total. The van der Waals surface area contributed by atoms with E-state index in [0.717, 1.165) is 36.1 Å². The highest BCUT2D eigenvalue weighted by Gasteiger charge is 2.19. The van der Waals surface area contributed by atoms with E-state index in [1.807, 2.05) is 19.1 Å². The van der Waals surface area contributed by atoms with Crippen molar-refractivity contribution in [1.29, 1.82) is 0 Å². The van der Waals surface area contributed by atoms with Gasteiger partial charge in [0.2, 0.25) is 0 Å². The molecule has 0 spiro atoms. The van der Waals surface area contributed by atoms with Gasteiger partial charge in [-0.05, 0) is 31.9 Å². The van der Waals surface area contributed by atoms with Gasteiger partial charge in [0.25, 0.3) is 0 Å². The average Bonchev–Trinajstić information content (AvgIpc) is 3.34. The molecule has 1 atom stereocenters. The van der Waals surface area contributed by atoms with Crippen LogP contribution >= 0.6 is 11.3 Å². The zero-order chi connectivity index (χ0) is 16.9. The standard InChI is InChI=1S/C17H24N4O2S/c1-13(15-6-5-11-23-15)20(2)16(22)18-8-7-14-12-24-17(19-14)21-9-3-4-10-21/h5-6,11-13H,3-4,7-10H2,1-2H3,(H,18,22)/t13-/m1/s1. The summed E-state index contributed by atoms with van der Waals surface area (Å²) in [6.07, 6.45) is 4.88. The summed E-state index contributed by atoms with van der Waals surface area (Å²) in [6, 6.07) is 3.51. The maximum atomic E-state index is 12.2. The fourth-order valence-corrected chi connectivity index (χ4v) is 3.70. The van der Waals surface area contributed by atoms with Crippen LogP contribution in [-0.2, 0) is 6.42 Å². The van der Waals surface area contributed by atoms with Crippen molar-refractivity contribution in [3.8, 4) is 0 Å². The second-order valence-electron chi connectivity index (χ2n) is 6.10. The number of thiazole rings is 1. The Morgan fingerprint density at radius 3 is 3.00 bits per heavy atom. The number of hydrogen-bond donors (Lipinski definition) is 1. The Morgan fingerprint density at radius 1 is 1.50 bits per heavy atom. The van der Waals surface area contributed by atoms with Gasteiger partial charge < -0.3 is 19.5 Å². The second kappa shape index (κ2) is 7.70. The molecule has 3 heterocycles. The molecule has 0 bridgehead atoms. The number of carbonyl (C=O) groups is 1. The van der Waals surface area contributed by atoms with E-state index in [2.05, 4.69) is 20.6 Å². The van der Waals surface area contributed by atoms with E-state index >= 15 is 0 Å². The highest BCUT2D eigenvalue weighted by molar-refractivity contribution is 7.13. The SMILES string of the molecule is C[C@H](c1ccco1)N(C)C(=O)NCCc1csc(N2CCCC2)n1. The normalized spacial score (nSPS) is 15.5. The molecule has 2 amide bonds. The topological polar surface area (TPSA) is 61.6 Å². The van der Waals surface area contributed by atoms with E-state index < -0.39 is 0 Å². The number of hydrogen-bond acceptors (Lipinski definition) is 5. The molecule has 1 aliphatic heterocycles. The van der Waals surface area contributed by atoms with Crippen LogP contribution in [0, 0.1) is 0 Å². The van der Waals surface area contributed by atoms with Crippen molar-refractivity contribution in [3.05, 3.63) is 35.2 Å². The van der Waals surface area contributed by atoms with Crippen LogP contribution in [0.2, 0.25) is 0 Å². The lowest BCUT2D eigenvalue weighted by molar-refractivity contribution is 0.187. The van der Waals surface area contributed by atoms with Crippen molar-refractivity contribution in [3.63, 3.8) is 0 Å². The van der Waals surface area contributed by atoms with Crippen molar-refractivity contribution in [2.24, 2.45) is 0 Å². The molecule has 3 rings (SSSR count). The van der Waals surface area contributed by atoms with Gasteiger partial charge in [-0.3, -0.25) is 0 Å². The van der Waals surface area contributed by atoms with Crippen LogP contribution in [0.1, 0.15) is 37.3 Å². The molecule has 6 nitrogen and oxygen atoms in total. The van der Waals surface area contributed by atoms with Gasteiger partial charge in [0.05, 0.1) is 18.0 Å². The largest absolute Gasteiger partial charge is 0.467 e. The third-order valence-corrected chi connectivity index (χ3v) is 5.38. The Labute approximate surface area is 146 Å². The summed E-state index contributed by atoms with van der Waals surface area (Å²) < 4.78 is 5.36. The van der Waals surface area contributed by atoms with Crippen LogP contribution in [-0.4, -0.2) is 42.6 Å². The smallest absolute Gasteiger partial charge is 0.317 e. The van der Waals surface area contributed by atoms with Crippen LogP contribution in [0.3, 0.4) is 0 Å². The number of amides is 2. The summed E-state index contributed by atoms with van der Waals surface area (Å²) in [5.41, 5.74) is 1.05. The van der Waals surface area contributed by atoms with Gasteiger partial charge in [0.15, 0.2) is 5.13 Å². The number of nitrogens with zero attached hydrogens (tertiary/aromatic N) is 3. The molecule has 0 saturated carbocycles. The third kappa shape index (κ3) is 3.90. The van der Waals surface area contributed by atoms with Gasteiger partial charge in [-0.2, -0.15) is 0 Å². The maximum Gasteiger partial charge on any atom is 0.317 e. The van der Waals surface area contributed by atoms with Gasteiger partial charge in [0, 0.05) is 38.5 Å². The summed E-state index contributed by atoms with van der Waals surface area (Å²) in [5.74, 6) is 0.780. The van der Waals surface area contributed by atoms with Crippen molar-refractivity contribution >= 4 is 22.5 Å². The second-order valence-corrected chi connectivity index (χ2v) is 6.94. The molecule has 0 aromatic carbocycles. The van der Waals surface area contributed by atoms with Crippen molar-refractivity contribution in [1.82, 2.24) is 15.2 Å². The zero-order valence-corrected chi connectivity index (χ0v) is 15.0. The number of nitrogens with one attached hydrogen (secondary N) is 1. The number of rotatable bonds is 6. The summed E-state index contributed by atoms with van der Waals surface area (Å²) >= 11 is 1.69. The molecule has 0 unspecified atom stereocenters. The number of furan rings is 1. The fourth-order valence-electron chi connectivity index (χ4n) is 2.78. The Balaban J connectivity index is 1.44. The quantitative estimate of drug-likeness (QED) is 0.870. The first-order chi connectivity index (χ1) is 11.6. The van der Waals surface area contributed by atoms with Gasteiger partial charge in [-0.15, -0.1) is 11.3 Å². The van der Waals surface area contributed by atoms with Gasteiger partial charge in [0.1, 0.15) is 5.76 Å². The van der Waals surface area contributed by atoms with Gasteiger partial charge in [-0.25, -0.2) is 9.78 Å². The molecule has 1 saturated heterocycles. The minimum Gasteiger partial charge on any atom is -0.467 e. The molecule has 2 aromatic rings. The molecule has 1 fully saturated rings. The van der Waals surface area contributed by atoms with Crippen LogP contribution in [0.15, 0.2) is 28.2 Å². The molecule has 2 aromatic heterocycles. The zero-order valence-electron chi connectivity index (χ0n) is 14.2. The van der Waals surface area contributed by atoms with E-state index in [1.165, 1.54) is 12.8 Å². The molecule has 24 heavy (non-hydrogen) atoms. The van der Waals surface area contributed by atoms with Crippen LogP contribution in [0.25, 0.3) is 0 Å². The molecule has 0 radical (unpaired) electrons. The lowest BCUT2D eigenvalue weighted by atomic mass is 10.2. The molecule has 7 heteroatoms. The lowest BCUT2D eigenvalue weighted by Crippen LogP contribution is -2.39. The van der Waals surface area contributed by atoms with Crippen LogP contribution < -0.4 is 10.2 Å². The lowest BCUT2D eigenvalue weighted by Gasteiger charge is -2.23. The molecular formula is C17H24N4O2S. The summed E-state index contributed by atoms with van der Waals surface area (Å²) in [6.45, 7) is 4.75. The Morgan fingerprint density at radius 2 is 2.29 bits per heavy atom. The number of carbonyl (C=O) groups excluding carboxylic acids is 1. The van der Waals surface area contributed by atoms with E-state index in [-0.39, 0.29) is 12.1 Å². The predicted octanol–water partition coefficient (Wildman–Crippen LogP) is 3.28. The van der Waals surface area contributed by atoms with Gasteiger partial charge in [-0.1, -0.05) is 0 Å². The average molecular weight is 348 g/mol. The summed E-state index contributed by atoms with van der Waals surface area (Å²) in [5, 5.41) is 6.15.